The van der Waals surface area contributed by atoms with Gasteiger partial charge in [0.2, 0.25) is 5.91 Å². The Morgan fingerprint density at radius 3 is 2.52 bits per heavy atom. The number of rotatable bonds is 7. The number of para-hydroxylation sites is 1. The Bertz CT molecular complexity index is 691. The molecule has 1 amide bonds. The molecule has 0 saturated heterocycles. The number of carbonyl (C=O) groups is 1. The second-order valence-corrected chi connectivity index (χ2v) is 6.01. The van der Waals surface area contributed by atoms with Gasteiger partial charge in [0.05, 0.1) is 13.2 Å². The summed E-state index contributed by atoms with van der Waals surface area (Å²) in [4.78, 5) is 14.7. The lowest BCUT2D eigenvalue weighted by Gasteiger charge is -2.27. The van der Waals surface area contributed by atoms with Crippen molar-refractivity contribution in [3.8, 4) is 5.75 Å². The van der Waals surface area contributed by atoms with Crippen LogP contribution in [0.5, 0.6) is 5.75 Å². The summed E-state index contributed by atoms with van der Waals surface area (Å²) in [6.07, 6.45) is 0. The van der Waals surface area contributed by atoms with Crippen LogP contribution in [0.15, 0.2) is 48.5 Å². The molecule has 0 unspecified atom stereocenters. The first kappa shape index (κ1) is 21.0. The quantitative estimate of drug-likeness (QED) is 0.818. The van der Waals surface area contributed by atoms with Crippen molar-refractivity contribution in [3.63, 3.8) is 0 Å². The number of benzene rings is 2. The van der Waals surface area contributed by atoms with E-state index >= 15 is 0 Å². The fourth-order valence-corrected chi connectivity index (χ4v) is 2.68. The molecule has 0 aromatic heterocycles. The smallest absolute Gasteiger partial charge is 0.240 e. The van der Waals surface area contributed by atoms with Crippen LogP contribution < -0.4 is 10.1 Å². The summed E-state index contributed by atoms with van der Waals surface area (Å²) in [5.41, 5.74) is 3.32. The van der Waals surface area contributed by atoms with E-state index in [0.717, 1.165) is 16.9 Å². The van der Waals surface area contributed by atoms with Crippen molar-refractivity contribution in [1.82, 2.24) is 10.2 Å². The Kier molecular flexibility index (Phi) is 8.46. The van der Waals surface area contributed by atoms with E-state index < -0.39 is 0 Å². The molecule has 25 heavy (non-hydrogen) atoms. The minimum Gasteiger partial charge on any atom is -0.496 e. The summed E-state index contributed by atoms with van der Waals surface area (Å²) in [6.45, 7) is 5.04. The summed E-state index contributed by atoms with van der Waals surface area (Å²) in [5.74, 6) is 0.876. The normalized spacial score (nSPS) is 11.4. The number of halogens is 1. The lowest BCUT2D eigenvalue weighted by Crippen LogP contribution is -2.42. The zero-order valence-corrected chi connectivity index (χ0v) is 16.1. The van der Waals surface area contributed by atoms with Crippen LogP contribution in [0.3, 0.4) is 0 Å². The summed E-state index contributed by atoms with van der Waals surface area (Å²) in [5, 5.41) is 3.03. The first-order valence-electron chi connectivity index (χ1n) is 8.18. The highest BCUT2D eigenvalue weighted by molar-refractivity contribution is 5.85. The lowest BCUT2D eigenvalue weighted by molar-refractivity contribution is -0.134. The SMILES string of the molecule is CN[C@@H](C)C(=O)N(Cc1cccc(C)c1)Cc1ccccc1OC.Cl. The third-order valence-electron chi connectivity index (χ3n) is 4.12. The molecule has 2 aromatic rings. The second kappa shape index (κ2) is 10.1. The van der Waals surface area contributed by atoms with E-state index in [9.17, 15) is 4.79 Å². The van der Waals surface area contributed by atoms with Crippen LogP contribution in [-0.4, -0.2) is 31.0 Å². The van der Waals surface area contributed by atoms with Crippen LogP contribution in [0, 0.1) is 6.92 Å². The minimum absolute atomic E-state index is 0. The largest absolute Gasteiger partial charge is 0.496 e. The average molecular weight is 363 g/mol. The molecule has 0 radical (unpaired) electrons. The van der Waals surface area contributed by atoms with Crippen molar-refractivity contribution in [3.05, 3.63) is 65.2 Å². The van der Waals surface area contributed by atoms with E-state index in [1.165, 1.54) is 5.56 Å². The van der Waals surface area contributed by atoms with Gasteiger partial charge in [-0.25, -0.2) is 0 Å². The van der Waals surface area contributed by atoms with E-state index in [0.29, 0.717) is 13.1 Å². The van der Waals surface area contributed by atoms with Gasteiger partial charge in [-0.2, -0.15) is 0 Å². The van der Waals surface area contributed by atoms with Crippen LogP contribution in [0.25, 0.3) is 0 Å². The van der Waals surface area contributed by atoms with Crippen LogP contribution in [0.2, 0.25) is 0 Å². The number of ether oxygens (including phenoxy) is 1. The molecule has 1 N–H and O–H groups in total. The molecule has 0 aliphatic rings. The van der Waals surface area contributed by atoms with Gasteiger partial charge in [-0.1, -0.05) is 48.0 Å². The van der Waals surface area contributed by atoms with Crippen molar-refractivity contribution in [2.24, 2.45) is 0 Å². The number of hydrogen-bond donors (Lipinski definition) is 1. The number of carbonyl (C=O) groups excluding carboxylic acids is 1. The molecule has 136 valence electrons. The number of hydrogen-bond acceptors (Lipinski definition) is 3. The Balaban J connectivity index is 0.00000312. The highest BCUT2D eigenvalue weighted by Gasteiger charge is 2.21. The third-order valence-corrected chi connectivity index (χ3v) is 4.12. The molecule has 0 aliphatic heterocycles. The molecule has 0 heterocycles. The number of nitrogens with zero attached hydrogens (tertiary/aromatic N) is 1. The molecule has 0 spiro atoms. The lowest BCUT2D eigenvalue weighted by atomic mass is 10.1. The molecule has 0 saturated carbocycles. The standard InChI is InChI=1S/C20H26N2O2.ClH/c1-15-8-7-9-17(12-15)13-22(20(23)16(2)21-3)14-18-10-5-6-11-19(18)24-4;/h5-12,16,21H,13-14H2,1-4H3;1H/t16-;/m0./s1. The van der Waals surface area contributed by atoms with Crippen molar-refractivity contribution in [2.45, 2.75) is 33.0 Å². The van der Waals surface area contributed by atoms with Gasteiger partial charge in [-0.3, -0.25) is 4.79 Å². The average Bonchev–Trinajstić information content (AvgIpc) is 2.60. The summed E-state index contributed by atoms with van der Waals surface area (Å²) in [7, 11) is 3.46. The Morgan fingerprint density at radius 2 is 1.88 bits per heavy atom. The van der Waals surface area contributed by atoms with Crippen molar-refractivity contribution in [2.75, 3.05) is 14.2 Å². The van der Waals surface area contributed by atoms with Gasteiger partial charge >= 0.3 is 0 Å². The molecule has 2 aromatic carbocycles. The van der Waals surface area contributed by atoms with E-state index in [2.05, 4.69) is 30.4 Å². The van der Waals surface area contributed by atoms with Crippen LogP contribution in [0.4, 0.5) is 0 Å². The van der Waals surface area contributed by atoms with E-state index in [1.54, 1.807) is 14.2 Å². The third kappa shape index (κ3) is 5.76. The van der Waals surface area contributed by atoms with Gasteiger partial charge in [0.25, 0.3) is 0 Å². The maximum Gasteiger partial charge on any atom is 0.240 e. The molecular weight excluding hydrogens is 336 g/mol. The Hall–Kier alpha value is -2.04. The van der Waals surface area contributed by atoms with E-state index in [4.69, 9.17) is 4.74 Å². The fourth-order valence-electron chi connectivity index (χ4n) is 2.68. The molecule has 5 heteroatoms. The molecular formula is C20H27ClN2O2. The maximum absolute atomic E-state index is 12.8. The van der Waals surface area contributed by atoms with Gasteiger partial charge in [0.1, 0.15) is 5.75 Å². The minimum atomic E-state index is -0.232. The Morgan fingerprint density at radius 1 is 1.16 bits per heavy atom. The van der Waals surface area contributed by atoms with Gasteiger partial charge in [0.15, 0.2) is 0 Å². The van der Waals surface area contributed by atoms with Gasteiger partial charge < -0.3 is 15.0 Å². The number of likely N-dealkylation sites (N-methyl/N-ethyl adjacent to an activating group) is 1. The molecule has 0 aliphatic carbocycles. The predicted molar refractivity (Wildman–Crippen MR) is 104 cm³/mol. The zero-order chi connectivity index (χ0) is 17.5. The molecule has 1 atom stereocenters. The highest BCUT2D eigenvalue weighted by Crippen LogP contribution is 2.21. The van der Waals surface area contributed by atoms with Crippen LogP contribution in [-0.2, 0) is 17.9 Å². The number of aryl methyl sites for hydroxylation is 1. The second-order valence-electron chi connectivity index (χ2n) is 6.01. The zero-order valence-electron chi connectivity index (χ0n) is 15.3. The molecule has 0 fully saturated rings. The monoisotopic (exact) mass is 362 g/mol. The van der Waals surface area contributed by atoms with Crippen LogP contribution in [0.1, 0.15) is 23.6 Å². The summed E-state index contributed by atoms with van der Waals surface area (Å²) < 4.78 is 5.43. The number of methoxy groups -OCH3 is 1. The van der Waals surface area contributed by atoms with Gasteiger partial charge in [-0.05, 0) is 32.5 Å². The molecule has 0 bridgehead atoms. The number of amides is 1. The van der Waals surface area contributed by atoms with E-state index in [1.807, 2.05) is 42.2 Å². The molecule has 2 rings (SSSR count). The molecule has 4 nitrogen and oxygen atoms in total. The first-order chi connectivity index (χ1) is 11.5. The number of nitrogens with one attached hydrogen (secondary N) is 1. The maximum atomic E-state index is 12.8. The highest BCUT2D eigenvalue weighted by atomic mass is 35.5. The Labute approximate surface area is 156 Å². The first-order valence-corrected chi connectivity index (χ1v) is 8.18. The topological polar surface area (TPSA) is 41.6 Å². The van der Waals surface area contributed by atoms with Crippen molar-refractivity contribution < 1.29 is 9.53 Å². The van der Waals surface area contributed by atoms with Crippen molar-refractivity contribution in [1.29, 1.82) is 0 Å². The van der Waals surface area contributed by atoms with E-state index in [-0.39, 0.29) is 24.4 Å². The van der Waals surface area contributed by atoms with Gasteiger partial charge in [0, 0.05) is 18.7 Å². The summed E-state index contributed by atoms with van der Waals surface area (Å²) in [6, 6.07) is 15.9. The summed E-state index contributed by atoms with van der Waals surface area (Å²) >= 11 is 0. The fraction of sp³-hybridized carbons (Fsp3) is 0.350. The van der Waals surface area contributed by atoms with Crippen molar-refractivity contribution >= 4 is 18.3 Å². The van der Waals surface area contributed by atoms with Crippen LogP contribution >= 0.6 is 12.4 Å². The van der Waals surface area contributed by atoms with Gasteiger partial charge in [-0.15, -0.1) is 12.4 Å². The predicted octanol–water partition coefficient (Wildman–Crippen LogP) is 3.56.